The van der Waals surface area contributed by atoms with Gasteiger partial charge in [0.15, 0.2) is 4.90 Å². The fourth-order valence-corrected chi connectivity index (χ4v) is 4.06. The van der Waals surface area contributed by atoms with Crippen molar-refractivity contribution in [3.8, 4) is 0 Å². The summed E-state index contributed by atoms with van der Waals surface area (Å²) in [6.07, 6.45) is 1.48. The highest BCUT2D eigenvalue weighted by molar-refractivity contribution is 7.89. The Bertz CT molecular complexity index is 687. The molecule has 2 aliphatic heterocycles. The number of hydrogen-bond acceptors (Lipinski definition) is 6. The van der Waals surface area contributed by atoms with Gasteiger partial charge in [-0.2, -0.15) is 0 Å². The average Bonchev–Trinajstić information content (AvgIpc) is 2.90. The van der Waals surface area contributed by atoms with Crippen LogP contribution in [0.25, 0.3) is 0 Å². The van der Waals surface area contributed by atoms with Gasteiger partial charge in [-0.15, -0.1) is 0 Å². The zero-order valence-electron chi connectivity index (χ0n) is 11.8. The van der Waals surface area contributed by atoms with Gasteiger partial charge in [0.1, 0.15) is 0 Å². The van der Waals surface area contributed by atoms with Crippen LogP contribution in [0.3, 0.4) is 0 Å². The van der Waals surface area contributed by atoms with Crippen LogP contribution in [0, 0.1) is 10.1 Å². The molecule has 2 heterocycles. The summed E-state index contributed by atoms with van der Waals surface area (Å²) in [7, 11) is -3.94. The van der Waals surface area contributed by atoms with Crippen LogP contribution in [-0.4, -0.2) is 44.7 Å². The Morgan fingerprint density at radius 1 is 1.41 bits per heavy atom. The number of benzene rings is 1. The summed E-state index contributed by atoms with van der Waals surface area (Å²) in [4.78, 5) is 9.92. The molecule has 0 amide bonds. The van der Waals surface area contributed by atoms with Gasteiger partial charge in [0.05, 0.1) is 16.6 Å². The van der Waals surface area contributed by atoms with E-state index < -0.39 is 20.6 Å². The Kier molecular flexibility index (Phi) is 3.89. The van der Waals surface area contributed by atoms with Crippen molar-refractivity contribution in [2.75, 3.05) is 19.6 Å². The number of nitro groups is 1. The minimum absolute atomic E-state index is 0.121. The molecule has 1 spiro atoms. The predicted molar refractivity (Wildman–Crippen MR) is 78.0 cm³/mol. The Labute approximate surface area is 128 Å². The van der Waals surface area contributed by atoms with Crippen LogP contribution in [0.4, 0.5) is 5.69 Å². The molecule has 2 fully saturated rings. The first kappa shape index (κ1) is 15.3. The molecule has 0 aromatic heterocycles. The van der Waals surface area contributed by atoms with E-state index in [1.807, 2.05) is 0 Å². The van der Waals surface area contributed by atoms with Crippen LogP contribution in [0.1, 0.15) is 12.8 Å². The highest BCUT2D eigenvalue weighted by Crippen LogP contribution is 2.33. The summed E-state index contributed by atoms with van der Waals surface area (Å²) >= 11 is 0. The smallest absolute Gasteiger partial charge is 0.289 e. The highest BCUT2D eigenvalue weighted by Gasteiger charge is 2.45. The standard InChI is InChI=1S/C13H17N3O5S/c17-16(18)11-3-1-2-4-12(11)22(19,20)15-7-10-5-6-13(21-10)8-14-9-13/h1-4,10,14-15H,5-9H2. The molecule has 0 saturated carbocycles. The number of nitrogens with zero attached hydrogens (tertiary/aromatic N) is 1. The number of nitrogens with one attached hydrogen (secondary N) is 2. The van der Waals surface area contributed by atoms with Gasteiger partial charge in [-0.3, -0.25) is 10.1 Å². The lowest BCUT2D eigenvalue weighted by atomic mass is 9.93. The molecule has 2 aliphatic rings. The van der Waals surface area contributed by atoms with Crippen molar-refractivity contribution >= 4 is 15.7 Å². The fourth-order valence-electron chi connectivity index (χ4n) is 2.82. The summed E-state index contributed by atoms with van der Waals surface area (Å²) < 4.78 is 32.8. The van der Waals surface area contributed by atoms with Gasteiger partial charge < -0.3 is 10.1 Å². The van der Waals surface area contributed by atoms with E-state index in [-0.39, 0.29) is 23.1 Å². The summed E-state index contributed by atoms with van der Waals surface area (Å²) in [6.45, 7) is 1.71. The van der Waals surface area contributed by atoms with E-state index in [0.29, 0.717) is 0 Å². The normalized spacial score (nSPS) is 23.4. The van der Waals surface area contributed by atoms with E-state index in [0.717, 1.165) is 25.9 Å². The van der Waals surface area contributed by atoms with E-state index in [9.17, 15) is 18.5 Å². The molecule has 120 valence electrons. The topological polar surface area (TPSA) is 111 Å². The third-order valence-corrected chi connectivity index (χ3v) is 5.56. The molecular formula is C13H17N3O5S. The van der Waals surface area contributed by atoms with Crippen LogP contribution < -0.4 is 10.0 Å². The maximum absolute atomic E-state index is 12.3. The molecule has 1 aromatic rings. The molecule has 2 N–H and O–H groups in total. The summed E-state index contributed by atoms with van der Waals surface area (Å²) in [5, 5.41) is 14.1. The second-order valence-electron chi connectivity index (χ2n) is 5.64. The van der Waals surface area contributed by atoms with Gasteiger partial charge in [-0.1, -0.05) is 12.1 Å². The van der Waals surface area contributed by atoms with Crippen LogP contribution >= 0.6 is 0 Å². The molecule has 1 atom stereocenters. The lowest BCUT2D eigenvalue weighted by molar-refractivity contribution is -0.387. The van der Waals surface area contributed by atoms with Crippen molar-refractivity contribution in [3.05, 3.63) is 34.4 Å². The molecular weight excluding hydrogens is 310 g/mol. The summed E-state index contributed by atoms with van der Waals surface area (Å²) in [5.41, 5.74) is -0.573. The largest absolute Gasteiger partial charge is 0.368 e. The Morgan fingerprint density at radius 2 is 2.14 bits per heavy atom. The summed E-state index contributed by atoms with van der Waals surface area (Å²) in [6, 6.07) is 5.30. The molecule has 1 unspecified atom stereocenters. The molecule has 0 aliphatic carbocycles. The first-order valence-electron chi connectivity index (χ1n) is 7.04. The molecule has 3 rings (SSSR count). The van der Waals surface area contributed by atoms with Crippen molar-refractivity contribution in [1.82, 2.24) is 10.0 Å². The van der Waals surface area contributed by atoms with Gasteiger partial charge >= 0.3 is 0 Å². The maximum Gasteiger partial charge on any atom is 0.289 e. The van der Waals surface area contributed by atoms with Crippen molar-refractivity contribution in [1.29, 1.82) is 0 Å². The maximum atomic E-state index is 12.3. The number of ether oxygens (including phenoxy) is 1. The monoisotopic (exact) mass is 327 g/mol. The van der Waals surface area contributed by atoms with E-state index in [2.05, 4.69) is 10.0 Å². The second kappa shape index (κ2) is 5.58. The Balaban J connectivity index is 1.68. The van der Waals surface area contributed by atoms with Gasteiger partial charge in [-0.25, -0.2) is 13.1 Å². The van der Waals surface area contributed by atoms with Crippen LogP contribution in [0.2, 0.25) is 0 Å². The zero-order valence-corrected chi connectivity index (χ0v) is 12.6. The third kappa shape index (κ3) is 2.84. The number of hydrogen-bond donors (Lipinski definition) is 2. The van der Waals surface area contributed by atoms with Crippen molar-refractivity contribution < 1.29 is 18.1 Å². The van der Waals surface area contributed by atoms with Crippen molar-refractivity contribution in [2.24, 2.45) is 0 Å². The number of para-hydroxylation sites is 1. The Hall–Kier alpha value is -1.55. The van der Waals surface area contributed by atoms with Crippen LogP contribution in [0.15, 0.2) is 29.2 Å². The first-order chi connectivity index (χ1) is 10.4. The van der Waals surface area contributed by atoms with Gasteiger partial charge in [0.25, 0.3) is 5.69 Å². The number of rotatable bonds is 5. The van der Waals surface area contributed by atoms with E-state index in [4.69, 9.17) is 4.74 Å². The second-order valence-corrected chi connectivity index (χ2v) is 7.38. The molecule has 9 heteroatoms. The molecule has 0 bridgehead atoms. The van der Waals surface area contributed by atoms with Gasteiger partial charge in [0, 0.05) is 25.7 Å². The van der Waals surface area contributed by atoms with Crippen LogP contribution in [-0.2, 0) is 14.8 Å². The van der Waals surface area contributed by atoms with Crippen LogP contribution in [0.5, 0.6) is 0 Å². The molecule has 0 radical (unpaired) electrons. The van der Waals surface area contributed by atoms with Crippen molar-refractivity contribution in [2.45, 2.75) is 29.4 Å². The SMILES string of the molecule is O=[N+]([O-])c1ccccc1S(=O)(=O)NCC1CCC2(CNC2)O1. The van der Waals surface area contributed by atoms with Gasteiger partial charge in [0.2, 0.25) is 10.0 Å². The molecule has 22 heavy (non-hydrogen) atoms. The lowest BCUT2D eigenvalue weighted by Crippen LogP contribution is -2.59. The minimum atomic E-state index is -3.94. The van der Waals surface area contributed by atoms with Crippen molar-refractivity contribution in [3.63, 3.8) is 0 Å². The highest BCUT2D eigenvalue weighted by atomic mass is 32.2. The molecule has 2 saturated heterocycles. The third-order valence-electron chi connectivity index (χ3n) is 4.09. The van der Waals surface area contributed by atoms with E-state index in [1.54, 1.807) is 0 Å². The van der Waals surface area contributed by atoms with E-state index >= 15 is 0 Å². The Morgan fingerprint density at radius 3 is 2.73 bits per heavy atom. The molecule has 8 nitrogen and oxygen atoms in total. The predicted octanol–water partition coefficient (Wildman–Crippen LogP) is 0.394. The lowest BCUT2D eigenvalue weighted by Gasteiger charge is -2.38. The number of nitro benzene ring substituents is 1. The first-order valence-corrected chi connectivity index (χ1v) is 8.52. The fraction of sp³-hybridized carbons (Fsp3) is 0.538. The quantitative estimate of drug-likeness (QED) is 0.598. The number of sulfonamides is 1. The summed E-state index contributed by atoms with van der Waals surface area (Å²) in [5.74, 6) is 0. The van der Waals surface area contributed by atoms with E-state index in [1.165, 1.54) is 24.3 Å². The van der Waals surface area contributed by atoms with Gasteiger partial charge in [-0.05, 0) is 18.9 Å². The average molecular weight is 327 g/mol. The minimum Gasteiger partial charge on any atom is -0.368 e. The molecule has 1 aromatic carbocycles. The zero-order chi connectivity index (χ0) is 15.8.